The fraction of sp³-hybridized carbons (Fsp3) is 0.125. The van der Waals surface area contributed by atoms with Gasteiger partial charge in [-0.1, -0.05) is 17.9 Å². The third-order valence-electron chi connectivity index (χ3n) is 2.84. The number of ether oxygens (including phenoxy) is 1. The maximum Gasteiger partial charge on any atom is 0.335 e. The Balaban J connectivity index is 2.06. The molecule has 0 saturated heterocycles. The number of benzene rings is 2. The summed E-state index contributed by atoms with van der Waals surface area (Å²) in [7, 11) is 0. The summed E-state index contributed by atoms with van der Waals surface area (Å²) in [6.07, 6.45) is 1.40. The predicted molar refractivity (Wildman–Crippen MR) is 81.7 cm³/mol. The number of carboxylic acid groups (broad SMARTS) is 1. The first kappa shape index (κ1) is 15.4. The van der Waals surface area contributed by atoms with Crippen molar-refractivity contribution in [1.82, 2.24) is 0 Å². The van der Waals surface area contributed by atoms with Crippen LogP contribution in [0, 0.1) is 0 Å². The van der Waals surface area contributed by atoms with Gasteiger partial charge in [-0.15, -0.1) is 0 Å². The van der Waals surface area contributed by atoms with E-state index >= 15 is 0 Å². The summed E-state index contributed by atoms with van der Waals surface area (Å²) in [5.41, 5.74) is 3.95. The molecule has 0 amide bonds. The predicted octanol–water partition coefficient (Wildman–Crippen LogP) is 2.30. The average molecular weight is 299 g/mol. The molecule has 0 bridgehead atoms. The summed E-state index contributed by atoms with van der Waals surface area (Å²) < 4.78 is 5.23. The first-order chi connectivity index (χ1) is 10.6. The molecule has 2 N–H and O–H groups in total. The number of nitrogens with zero attached hydrogens (tertiary/aromatic N) is 1. The van der Waals surface area contributed by atoms with Gasteiger partial charge in [0.15, 0.2) is 0 Å². The Kier molecular flexibility index (Phi) is 4.98. The molecule has 0 aliphatic heterocycles. The van der Waals surface area contributed by atoms with E-state index in [1.165, 1.54) is 18.3 Å². The molecular weight excluding hydrogens is 284 g/mol. The fourth-order valence-electron chi connectivity index (χ4n) is 1.77. The number of para-hydroxylation sites is 1. The summed E-state index contributed by atoms with van der Waals surface area (Å²) >= 11 is 0. The van der Waals surface area contributed by atoms with E-state index in [1.54, 1.807) is 30.3 Å². The van der Waals surface area contributed by atoms with Gasteiger partial charge in [-0.25, -0.2) is 4.79 Å². The van der Waals surface area contributed by atoms with E-state index in [1.807, 2.05) is 6.92 Å². The molecule has 0 heterocycles. The van der Waals surface area contributed by atoms with Crippen LogP contribution in [0.3, 0.4) is 0 Å². The first-order valence-electron chi connectivity index (χ1n) is 6.67. The van der Waals surface area contributed by atoms with Gasteiger partial charge in [0.25, 0.3) is 0 Å². The minimum Gasteiger partial charge on any atom is -0.870 e. The van der Waals surface area contributed by atoms with Crippen molar-refractivity contribution in [1.29, 1.82) is 0 Å². The Morgan fingerprint density at radius 3 is 2.68 bits per heavy atom. The highest BCUT2D eigenvalue weighted by molar-refractivity contribution is 5.88. The molecule has 0 saturated carbocycles. The summed E-state index contributed by atoms with van der Waals surface area (Å²) in [6, 6.07) is 11.1. The maximum atomic E-state index is 12.0. The number of nitrogens with one attached hydrogen (secondary N) is 1. The highest BCUT2D eigenvalue weighted by Gasteiger charge is 2.01. The number of carbonyl (C=O) groups is 1. The zero-order chi connectivity index (χ0) is 15.9. The lowest BCUT2D eigenvalue weighted by Crippen LogP contribution is -2.02. The molecule has 0 spiro atoms. The van der Waals surface area contributed by atoms with Crippen LogP contribution in [0.2, 0.25) is 0 Å². The van der Waals surface area contributed by atoms with Gasteiger partial charge in [0, 0.05) is 0 Å². The van der Waals surface area contributed by atoms with Crippen LogP contribution in [-0.4, -0.2) is 23.9 Å². The summed E-state index contributed by atoms with van der Waals surface area (Å²) in [5.74, 6) is -0.924. The Hall–Kier alpha value is -3.02. The van der Waals surface area contributed by atoms with Gasteiger partial charge in [-0.3, -0.25) is 5.43 Å². The van der Waals surface area contributed by atoms with E-state index < -0.39 is 5.97 Å². The maximum absolute atomic E-state index is 12.0. The number of anilines is 1. The molecule has 114 valence electrons. The third kappa shape index (κ3) is 3.76. The van der Waals surface area contributed by atoms with Gasteiger partial charge in [0.2, 0.25) is 0 Å². The SMILES string of the molecule is CCOc1cccc(/C=N/Nc2ccc(C(=O)O)cc2)c1[O-]. The number of hydrogen-bond acceptors (Lipinski definition) is 5. The fourth-order valence-corrected chi connectivity index (χ4v) is 1.77. The summed E-state index contributed by atoms with van der Waals surface area (Å²) in [5, 5.41) is 24.8. The third-order valence-corrected chi connectivity index (χ3v) is 2.84. The van der Waals surface area contributed by atoms with Gasteiger partial charge in [-0.05, 0) is 42.8 Å². The zero-order valence-electron chi connectivity index (χ0n) is 11.9. The Labute approximate surface area is 127 Å². The van der Waals surface area contributed by atoms with Crippen molar-refractivity contribution < 1.29 is 19.7 Å². The normalized spacial score (nSPS) is 10.6. The molecule has 0 aliphatic carbocycles. The number of aromatic carboxylic acids is 1. The molecule has 22 heavy (non-hydrogen) atoms. The van der Waals surface area contributed by atoms with Gasteiger partial charge in [-0.2, -0.15) is 5.10 Å². The molecule has 2 aromatic carbocycles. The monoisotopic (exact) mass is 299 g/mol. The molecule has 0 unspecified atom stereocenters. The second kappa shape index (κ2) is 7.12. The second-order valence-corrected chi connectivity index (χ2v) is 4.36. The number of rotatable bonds is 6. The lowest BCUT2D eigenvalue weighted by molar-refractivity contribution is -0.270. The average Bonchev–Trinajstić information content (AvgIpc) is 2.51. The molecular formula is C16H15N2O4-. The number of hydrogen-bond donors (Lipinski definition) is 2. The van der Waals surface area contributed by atoms with Crippen LogP contribution in [0.4, 0.5) is 5.69 Å². The topological polar surface area (TPSA) is 94.0 Å². The lowest BCUT2D eigenvalue weighted by Gasteiger charge is -2.16. The minimum absolute atomic E-state index is 0.195. The molecule has 0 fully saturated rings. The molecule has 0 aromatic heterocycles. The van der Waals surface area contributed by atoms with Crippen molar-refractivity contribution in [3.8, 4) is 11.5 Å². The van der Waals surface area contributed by atoms with Gasteiger partial charge in [0.05, 0.1) is 24.1 Å². The van der Waals surface area contributed by atoms with Crippen LogP contribution >= 0.6 is 0 Å². The summed E-state index contributed by atoms with van der Waals surface area (Å²) in [6.45, 7) is 2.23. The van der Waals surface area contributed by atoms with Crippen molar-refractivity contribution in [3.63, 3.8) is 0 Å². The van der Waals surface area contributed by atoms with Crippen LogP contribution < -0.4 is 15.3 Å². The number of hydrazone groups is 1. The van der Waals surface area contributed by atoms with Gasteiger partial charge in [0.1, 0.15) is 5.75 Å². The Bertz CT molecular complexity index is 681. The second-order valence-electron chi connectivity index (χ2n) is 4.36. The van der Waals surface area contributed by atoms with Crippen molar-refractivity contribution in [2.24, 2.45) is 5.10 Å². The minimum atomic E-state index is -0.987. The van der Waals surface area contributed by atoms with E-state index in [0.717, 1.165) is 0 Å². The molecule has 0 radical (unpaired) electrons. The van der Waals surface area contributed by atoms with Crippen molar-refractivity contribution in [2.75, 3.05) is 12.0 Å². The molecule has 0 aliphatic rings. The van der Waals surface area contributed by atoms with Crippen LogP contribution in [0.1, 0.15) is 22.8 Å². The summed E-state index contributed by atoms with van der Waals surface area (Å²) in [4.78, 5) is 10.7. The molecule has 6 nitrogen and oxygen atoms in total. The highest BCUT2D eigenvalue weighted by Crippen LogP contribution is 2.25. The smallest absolute Gasteiger partial charge is 0.335 e. The molecule has 0 atom stereocenters. The first-order valence-corrected chi connectivity index (χ1v) is 6.67. The van der Waals surface area contributed by atoms with Crippen molar-refractivity contribution in [2.45, 2.75) is 6.92 Å². The Morgan fingerprint density at radius 2 is 2.05 bits per heavy atom. The quantitative estimate of drug-likeness (QED) is 0.630. The molecule has 2 rings (SSSR count). The van der Waals surface area contributed by atoms with Crippen molar-refractivity contribution in [3.05, 3.63) is 53.6 Å². The highest BCUT2D eigenvalue weighted by atomic mass is 16.5. The van der Waals surface area contributed by atoms with Crippen molar-refractivity contribution >= 4 is 17.9 Å². The van der Waals surface area contributed by atoms with Gasteiger partial charge >= 0.3 is 5.97 Å². The van der Waals surface area contributed by atoms with Crippen LogP contribution in [0.15, 0.2) is 47.6 Å². The Morgan fingerprint density at radius 1 is 1.32 bits per heavy atom. The van der Waals surface area contributed by atoms with E-state index in [2.05, 4.69) is 10.5 Å². The largest absolute Gasteiger partial charge is 0.870 e. The van der Waals surface area contributed by atoms with E-state index in [4.69, 9.17) is 9.84 Å². The molecule has 6 heteroatoms. The zero-order valence-corrected chi connectivity index (χ0v) is 11.9. The van der Waals surface area contributed by atoms with Crippen LogP contribution in [0.25, 0.3) is 0 Å². The standard InChI is InChI=1S/C16H16N2O4/c1-2-22-14-5-3-4-12(15(14)19)10-17-18-13-8-6-11(7-9-13)16(20)21/h3-10,18-19H,2H2,1H3,(H,20,21)/p-1/b17-10+. The van der Waals surface area contributed by atoms with Crippen LogP contribution in [0.5, 0.6) is 11.5 Å². The molecule has 2 aromatic rings. The van der Waals surface area contributed by atoms with E-state index in [0.29, 0.717) is 17.9 Å². The van der Waals surface area contributed by atoms with Gasteiger partial charge < -0.3 is 14.9 Å². The van der Waals surface area contributed by atoms with E-state index in [-0.39, 0.29) is 17.1 Å². The van der Waals surface area contributed by atoms with E-state index in [9.17, 15) is 9.90 Å². The lowest BCUT2D eigenvalue weighted by atomic mass is 10.2. The number of carboxylic acids is 1. The van der Waals surface area contributed by atoms with Crippen LogP contribution in [-0.2, 0) is 0 Å².